The molecule has 1 N–H and O–H groups in total. The van der Waals surface area contributed by atoms with Crippen LogP contribution in [0.4, 0.5) is 0 Å². The lowest BCUT2D eigenvalue weighted by Gasteiger charge is -2.22. The summed E-state index contributed by atoms with van der Waals surface area (Å²) < 4.78 is 9.30. The molecule has 2 heterocycles. The first-order valence-electron chi connectivity index (χ1n) is 6.51. The van der Waals surface area contributed by atoms with Crippen LogP contribution in [0.3, 0.4) is 0 Å². The third-order valence-electron chi connectivity index (χ3n) is 2.90. The molecule has 0 fully saturated rings. The van der Waals surface area contributed by atoms with Crippen molar-refractivity contribution in [3.8, 4) is 0 Å². The van der Waals surface area contributed by atoms with Crippen LogP contribution in [0.15, 0.2) is 9.90 Å². The van der Waals surface area contributed by atoms with Crippen LogP contribution < -0.4 is 5.32 Å². The summed E-state index contributed by atoms with van der Waals surface area (Å²) in [6.45, 7) is 6.04. The highest BCUT2D eigenvalue weighted by molar-refractivity contribution is 7.03. The van der Waals surface area contributed by atoms with E-state index in [-0.39, 0.29) is 5.91 Å². The van der Waals surface area contributed by atoms with Gasteiger partial charge >= 0.3 is 0 Å². The molecule has 114 valence electrons. The van der Waals surface area contributed by atoms with E-state index in [1.165, 1.54) is 11.5 Å². The minimum atomic E-state index is -0.723. The second-order valence-corrected chi connectivity index (χ2v) is 6.27. The molecule has 0 aromatic carbocycles. The molecule has 0 atom stereocenters. The highest BCUT2D eigenvalue weighted by Gasteiger charge is 2.30. The van der Waals surface area contributed by atoms with Crippen molar-refractivity contribution < 1.29 is 9.32 Å². The molecule has 2 aromatic heterocycles. The number of hydrogen-bond acceptors (Lipinski definition) is 7. The smallest absolute Gasteiger partial charge is 0.254 e. The van der Waals surface area contributed by atoms with Crippen LogP contribution in [-0.2, 0) is 12.1 Å². The molecule has 0 unspecified atom stereocenters. The van der Waals surface area contributed by atoms with Gasteiger partial charge in [-0.1, -0.05) is 5.16 Å². The van der Waals surface area contributed by atoms with Crippen molar-refractivity contribution in [2.45, 2.75) is 32.9 Å². The van der Waals surface area contributed by atoms with Crippen molar-refractivity contribution >= 4 is 17.4 Å². The molecular weight excluding hydrogens is 290 g/mol. The number of aromatic nitrogens is 3. The molecule has 21 heavy (non-hydrogen) atoms. The van der Waals surface area contributed by atoms with E-state index in [1.807, 2.05) is 39.8 Å². The number of nitrogens with zero attached hydrogens (tertiary/aromatic N) is 4. The van der Waals surface area contributed by atoms with E-state index in [0.717, 1.165) is 5.69 Å². The summed E-state index contributed by atoms with van der Waals surface area (Å²) in [5, 5.41) is 8.60. The molecule has 2 rings (SSSR count). The number of carbonyl (C=O) groups excluding carboxylic acids is 1. The van der Waals surface area contributed by atoms with Crippen molar-refractivity contribution in [1.29, 1.82) is 0 Å². The number of hydrogen-bond donors (Lipinski definition) is 1. The Morgan fingerprint density at radius 3 is 2.76 bits per heavy atom. The van der Waals surface area contributed by atoms with Crippen LogP contribution in [-0.4, -0.2) is 39.4 Å². The first-order chi connectivity index (χ1) is 9.79. The Hall–Kier alpha value is -1.80. The Morgan fingerprint density at radius 2 is 2.19 bits per heavy atom. The predicted molar refractivity (Wildman–Crippen MR) is 79.0 cm³/mol. The molecule has 0 bridgehead atoms. The summed E-state index contributed by atoms with van der Waals surface area (Å²) in [6, 6.07) is 0. The highest BCUT2D eigenvalue weighted by Crippen LogP contribution is 2.19. The SMILES string of the molecule is Cc1nscc1C(=O)NC(C)(C)c1noc(CN(C)C)n1. The Kier molecular flexibility index (Phi) is 4.38. The van der Waals surface area contributed by atoms with Crippen LogP contribution in [0.5, 0.6) is 0 Å². The normalized spacial score (nSPS) is 11.9. The van der Waals surface area contributed by atoms with Crippen molar-refractivity contribution in [2.75, 3.05) is 14.1 Å². The minimum Gasteiger partial charge on any atom is -0.340 e. The zero-order valence-corrected chi connectivity index (χ0v) is 13.6. The maximum atomic E-state index is 12.3. The summed E-state index contributed by atoms with van der Waals surface area (Å²) in [5.41, 5.74) is 0.569. The Bertz CT molecular complexity index is 632. The zero-order valence-electron chi connectivity index (χ0n) is 12.8. The van der Waals surface area contributed by atoms with Crippen LogP contribution in [0.25, 0.3) is 0 Å². The van der Waals surface area contributed by atoms with Crippen molar-refractivity contribution in [3.63, 3.8) is 0 Å². The summed E-state index contributed by atoms with van der Waals surface area (Å²) in [7, 11) is 3.84. The standard InChI is InChI=1S/C13H19N5O2S/c1-8-9(7-21-17-8)11(19)15-13(2,3)12-14-10(20-16-12)6-18(4)5/h7H,6H2,1-5H3,(H,15,19). The number of amides is 1. The van der Waals surface area contributed by atoms with E-state index >= 15 is 0 Å². The van der Waals surface area contributed by atoms with E-state index in [0.29, 0.717) is 23.8 Å². The first kappa shape index (κ1) is 15.6. The monoisotopic (exact) mass is 309 g/mol. The van der Waals surface area contributed by atoms with Gasteiger partial charge < -0.3 is 14.7 Å². The summed E-state index contributed by atoms with van der Waals surface area (Å²) in [5.74, 6) is 0.782. The Labute approximate surface area is 127 Å². The molecule has 8 heteroatoms. The fraction of sp³-hybridized carbons (Fsp3) is 0.538. The van der Waals surface area contributed by atoms with Crippen molar-refractivity contribution in [3.05, 3.63) is 28.4 Å². The number of nitrogens with one attached hydrogen (secondary N) is 1. The van der Waals surface area contributed by atoms with Crippen molar-refractivity contribution in [2.24, 2.45) is 0 Å². The summed E-state index contributed by atoms with van der Waals surface area (Å²) in [4.78, 5) is 18.5. The minimum absolute atomic E-state index is 0.190. The average molecular weight is 309 g/mol. The molecule has 0 aliphatic rings. The van der Waals surface area contributed by atoms with Crippen LogP contribution in [0.1, 0.15) is 41.6 Å². The highest BCUT2D eigenvalue weighted by atomic mass is 32.1. The molecule has 0 saturated heterocycles. The Balaban J connectivity index is 2.12. The second-order valence-electron chi connectivity index (χ2n) is 5.64. The molecule has 0 saturated carbocycles. The fourth-order valence-electron chi connectivity index (χ4n) is 1.76. The van der Waals surface area contributed by atoms with Gasteiger partial charge in [-0.25, -0.2) is 0 Å². The average Bonchev–Trinajstić information content (AvgIpc) is 2.97. The maximum absolute atomic E-state index is 12.3. The number of carbonyl (C=O) groups is 1. The van der Waals surface area contributed by atoms with Crippen LogP contribution in [0, 0.1) is 6.92 Å². The van der Waals surface area contributed by atoms with Gasteiger partial charge in [-0.3, -0.25) is 4.79 Å². The third kappa shape index (κ3) is 3.64. The molecule has 0 radical (unpaired) electrons. The van der Waals surface area contributed by atoms with Gasteiger partial charge in [-0.15, -0.1) is 0 Å². The lowest BCUT2D eigenvalue weighted by atomic mass is 10.0. The predicted octanol–water partition coefficient (Wildman–Crippen LogP) is 1.56. The molecular formula is C13H19N5O2S. The van der Waals surface area contributed by atoms with Gasteiger partial charge in [-0.05, 0) is 46.4 Å². The number of aryl methyl sites for hydroxylation is 1. The third-order valence-corrected chi connectivity index (χ3v) is 3.62. The van der Waals surface area contributed by atoms with E-state index in [1.54, 1.807) is 5.38 Å². The molecule has 7 nitrogen and oxygen atoms in total. The lowest BCUT2D eigenvalue weighted by Crippen LogP contribution is -2.42. The van der Waals surface area contributed by atoms with Gasteiger partial charge in [-0.2, -0.15) is 9.36 Å². The number of rotatable bonds is 5. The van der Waals surface area contributed by atoms with Crippen LogP contribution in [0.2, 0.25) is 0 Å². The van der Waals surface area contributed by atoms with E-state index in [2.05, 4.69) is 19.8 Å². The summed E-state index contributed by atoms with van der Waals surface area (Å²) >= 11 is 1.26. The van der Waals surface area contributed by atoms with Gasteiger partial charge in [0.05, 0.1) is 23.3 Å². The van der Waals surface area contributed by atoms with Gasteiger partial charge in [0.25, 0.3) is 5.91 Å². The second kappa shape index (κ2) is 5.90. The topological polar surface area (TPSA) is 84.2 Å². The van der Waals surface area contributed by atoms with Gasteiger partial charge in [0.1, 0.15) is 0 Å². The molecule has 2 aromatic rings. The largest absolute Gasteiger partial charge is 0.340 e. The van der Waals surface area contributed by atoms with Gasteiger partial charge in [0, 0.05) is 5.38 Å². The first-order valence-corrected chi connectivity index (χ1v) is 7.34. The van der Waals surface area contributed by atoms with Crippen molar-refractivity contribution in [1.82, 2.24) is 24.7 Å². The lowest BCUT2D eigenvalue weighted by molar-refractivity contribution is 0.0907. The van der Waals surface area contributed by atoms with Gasteiger partial charge in [0.15, 0.2) is 5.82 Å². The fourth-order valence-corrected chi connectivity index (χ4v) is 2.45. The van der Waals surface area contributed by atoms with E-state index in [9.17, 15) is 4.79 Å². The van der Waals surface area contributed by atoms with Crippen LogP contribution >= 0.6 is 11.5 Å². The van der Waals surface area contributed by atoms with E-state index < -0.39 is 5.54 Å². The van der Waals surface area contributed by atoms with E-state index in [4.69, 9.17) is 4.52 Å². The molecule has 0 aliphatic heterocycles. The zero-order chi connectivity index (χ0) is 15.6. The maximum Gasteiger partial charge on any atom is 0.254 e. The summed E-state index contributed by atoms with van der Waals surface area (Å²) in [6.07, 6.45) is 0. The van der Waals surface area contributed by atoms with Gasteiger partial charge in [0.2, 0.25) is 5.89 Å². The molecule has 0 spiro atoms. The Morgan fingerprint density at radius 1 is 1.48 bits per heavy atom. The quantitative estimate of drug-likeness (QED) is 0.902. The molecule has 1 amide bonds. The molecule has 0 aliphatic carbocycles.